The number of carbonyl (C=O) groups excluding carboxylic acids is 1. The smallest absolute Gasteiger partial charge is 0.264 e. The number of halogens is 3. The lowest BCUT2D eigenvalue weighted by Gasteiger charge is -2.25. The molecule has 4 aromatic carbocycles. The number of anilines is 1. The lowest BCUT2D eigenvalue weighted by molar-refractivity contribution is -0.119. The number of hydrogen-bond donors (Lipinski definition) is 1. The number of carbonyl (C=O) groups is 1. The van der Waals surface area contributed by atoms with Crippen molar-refractivity contribution in [2.75, 3.05) is 18.0 Å². The molecule has 1 amide bonds. The van der Waals surface area contributed by atoms with E-state index in [2.05, 4.69) is 26.5 Å². The maximum Gasteiger partial charge on any atom is 0.264 e. The van der Waals surface area contributed by atoms with E-state index < -0.39 is 22.5 Å². The molecule has 0 aliphatic carbocycles. The van der Waals surface area contributed by atoms with Crippen molar-refractivity contribution in [3.8, 4) is 11.5 Å². The summed E-state index contributed by atoms with van der Waals surface area (Å²) in [6, 6.07) is 22.0. The minimum atomic E-state index is -4.09. The van der Waals surface area contributed by atoms with Crippen molar-refractivity contribution in [3.63, 3.8) is 0 Å². The van der Waals surface area contributed by atoms with Crippen LogP contribution >= 0.6 is 39.1 Å². The Labute approximate surface area is 269 Å². The summed E-state index contributed by atoms with van der Waals surface area (Å²) in [5.41, 5.74) is 5.64. The van der Waals surface area contributed by atoms with E-state index >= 15 is 0 Å². The molecule has 43 heavy (non-hydrogen) atoms. The van der Waals surface area contributed by atoms with E-state index in [-0.39, 0.29) is 11.5 Å². The zero-order valence-electron chi connectivity index (χ0n) is 23.5. The second-order valence-corrected chi connectivity index (χ2v) is 13.0. The molecule has 0 aliphatic heterocycles. The normalized spacial score (nSPS) is 11.4. The Hall–Kier alpha value is -3.57. The van der Waals surface area contributed by atoms with Gasteiger partial charge in [-0.15, -0.1) is 0 Å². The summed E-state index contributed by atoms with van der Waals surface area (Å²) in [5.74, 6) is 0.258. The number of aryl methyl sites for hydroxylation is 2. The molecule has 4 rings (SSSR count). The molecule has 0 aromatic heterocycles. The summed E-state index contributed by atoms with van der Waals surface area (Å²) in [6.45, 7) is 3.30. The summed E-state index contributed by atoms with van der Waals surface area (Å²) in [6.07, 6.45) is 1.41. The minimum Gasteiger partial charge on any atom is -0.493 e. The Morgan fingerprint density at radius 2 is 1.74 bits per heavy atom. The van der Waals surface area contributed by atoms with Crippen molar-refractivity contribution in [1.82, 2.24) is 5.43 Å². The second-order valence-electron chi connectivity index (χ2n) is 9.46. The van der Waals surface area contributed by atoms with Gasteiger partial charge in [-0.1, -0.05) is 59.1 Å². The number of benzene rings is 4. The molecule has 0 heterocycles. The first-order valence-electron chi connectivity index (χ1n) is 12.9. The molecule has 0 fully saturated rings. The van der Waals surface area contributed by atoms with Crippen LogP contribution in [-0.4, -0.2) is 34.2 Å². The van der Waals surface area contributed by atoms with Crippen LogP contribution < -0.4 is 19.2 Å². The summed E-state index contributed by atoms with van der Waals surface area (Å²) in [5, 5.41) is 5.08. The van der Waals surface area contributed by atoms with Gasteiger partial charge in [0, 0.05) is 15.6 Å². The van der Waals surface area contributed by atoms with Crippen molar-refractivity contribution >= 4 is 67.0 Å². The highest BCUT2D eigenvalue weighted by atomic mass is 79.9. The summed E-state index contributed by atoms with van der Waals surface area (Å²) < 4.78 is 40.4. The Balaban J connectivity index is 1.51. The summed E-state index contributed by atoms with van der Waals surface area (Å²) in [7, 11) is -2.59. The zero-order valence-corrected chi connectivity index (χ0v) is 27.4. The standard InChI is InChI=1S/C31H28BrCl2N3O5S/c1-20-8-11-25(12-9-20)43(39,40)37(28-13-10-24(33)14-21(28)2)18-30(38)36-35-17-22-15-26(32)31(29(16-22)41-3)42-19-23-6-4-5-7-27(23)34/h4-17H,18-19H2,1-3H3,(H,36,38)/b35-17-. The molecule has 12 heteroatoms. The topological polar surface area (TPSA) is 97.3 Å². The monoisotopic (exact) mass is 703 g/mol. The van der Waals surface area contributed by atoms with Crippen LogP contribution in [0.2, 0.25) is 10.0 Å². The van der Waals surface area contributed by atoms with Gasteiger partial charge in [0.1, 0.15) is 13.2 Å². The molecular weight excluding hydrogens is 677 g/mol. The number of hydrazone groups is 1. The lowest BCUT2D eigenvalue weighted by atomic mass is 10.2. The number of rotatable bonds is 11. The molecule has 4 aromatic rings. The molecule has 224 valence electrons. The molecule has 0 saturated heterocycles. The van der Waals surface area contributed by atoms with Crippen LogP contribution in [0.15, 0.2) is 93.3 Å². The van der Waals surface area contributed by atoms with E-state index in [1.165, 1.54) is 25.5 Å². The van der Waals surface area contributed by atoms with Crippen LogP contribution in [0, 0.1) is 13.8 Å². The van der Waals surface area contributed by atoms with Gasteiger partial charge >= 0.3 is 0 Å². The van der Waals surface area contributed by atoms with Crippen LogP contribution in [0.1, 0.15) is 22.3 Å². The predicted octanol–water partition coefficient (Wildman–Crippen LogP) is 7.31. The van der Waals surface area contributed by atoms with Gasteiger partial charge in [-0.25, -0.2) is 13.8 Å². The zero-order chi connectivity index (χ0) is 31.1. The highest BCUT2D eigenvalue weighted by molar-refractivity contribution is 9.10. The third-order valence-electron chi connectivity index (χ3n) is 6.31. The molecule has 0 aliphatic rings. The molecule has 8 nitrogen and oxygen atoms in total. The summed E-state index contributed by atoms with van der Waals surface area (Å²) >= 11 is 15.8. The van der Waals surface area contributed by atoms with Crippen molar-refractivity contribution in [2.45, 2.75) is 25.3 Å². The number of nitrogens with one attached hydrogen (secondary N) is 1. The highest BCUT2D eigenvalue weighted by Crippen LogP contribution is 2.37. The fourth-order valence-electron chi connectivity index (χ4n) is 4.10. The Morgan fingerprint density at radius 1 is 1.02 bits per heavy atom. The maximum absolute atomic E-state index is 13.7. The SMILES string of the molecule is COc1cc(/C=N\NC(=O)CN(c2ccc(Cl)cc2C)S(=O)(=O)c2ccc(C)cc2)cc(Br)c1OCc1ccccc1Cl. The van der Waals surface area contributed by atoms with Gasteiger partial charge in [0.05, 0.1) is 28.4 Å². The largest absolute Gasteiger partial charge is 0.493 e. The fourth-order valence-corrected chi connectivity index (χ4v) is 6.58. The molecule has 0 unspecified atom stereocenters. The van der Waals surface area contributed by atoms with Crippen LogP contribution in [0.4, 0.5) is 5.69 Å². The molecule has 0 bridgehead atoms. The Morgan fingerprint density at radius 3 is 2.42 bits per heavy atom. The van der Waals surface area contributed by atoms with Gasteiger partial charge in [-0.2, -0.15) is 5.10 Å². The van der Waals surface area contributed by atoms with Crippen molar-refractivity contribution in [2.24, 2.45) is 5.10 Å². The number of sulfonamides is 1. The third-order valence-corrected chi connectivity index (χ3v) is 9.28. The van der Waals surface area contributed by atoms with E-state index in [1.807, 2.05) is 25.1 Å². The number of amides is 1. The molecule has 0 radical (unpaired) electrons. The number of hydrogen-bond acceptors (Lipinski definition) is 6. The first kappa shape index (κ1) is 32.3. The van der Waals surface area contributed by atoms with Crippen LogP contribution in [0.5, 0.6) is 11.5 Å². The van der Waals surface area contributed by atoms with E-state index in [1.54, 1.807) is 55.5 Å². The minimum absolute atomic E-state index is 0.0533. The van der Waals surface area contributed by atoms with Gasteiger partial charge in [-0.3, -0.25) is 9.10 Å². The Kier molecular flexibility index (Phi) is 10.7. The average molecular weight is 705 g/mol. The van der Waals surface area contributed by atoms with Gasteiger partial charge in [0.25, 0.3) is 15.9 Å². The quantitative estimate of drug-likeness (QED) is 0.131. The van der Waals surface area contributed by atoms with E-state index in [9.17, 15) is 13.2 Å². The molecule has 1 N–H and O–H groups in total. The van der Waals surface area contributed by atoms with Gasteiger partial charge < -0.3 is 9.47 Å². The van der Waals surface area contributed by atoms with Crippen LogP contribution in [-0.2, 0) is 21.4 Å². The highest BCUT2D eigenvalue weighted by Gasteiger charge is 2.28. The summed E-state index contributed by atoms with van der Waals surface area (Å²) in [4.78, 5) is 13.1. The van der Waals surface area contributed by atoms with Crippen molar-refractivity contribution in [1.29, 1.82) is 0 Å². The average Bonchev–Trinajstić information content (AvgIpc) is 2.96. The van der Waals surface area contributed by atoms with Gasteiger partial charge in [0.15, 0.2) is 11.5 Å². The van der Waals surface area contributed by atoms with Gasteiger partial charge in [0.2, 0.25) is 0 Å². The van der Waals surface area contributed by atoms with Crippen molar-refractivity contribution < 1.29 is 22.7 Å². The first-order chi connectivity index (χ1) is 20.5. The fraction of sp³-hybridized carbons (Fsp3) is 0.161. The molecule has 0 spiro atoms. The number of methoxy groups -OCH3 is 1. The van der Waals surface area contributed by atoms with Crippen LogP contribution in [0.25, 0.3) is 0 Å². The molecular formula is C31H28BrCl2N3O5S. The first-order valence-corrected chi connectivity index (χ1v) is 15.9. The number of nitrogens with zero attached hydrogens (tertiary/aromatic N) is 2. The predicted molar refractivity (Wildman–Crippen MR) is 174 cm³/mol. The molecule has 0 atom stereocenters. The Bertz CT molecular complexity index is 1770. The van der Waals surface area contributed by atoms with Crippen molar-refractivity contribution in [3.05, 3.63) is 116 Å². The van der Waals surface area contributed by atoms with Crippen LogP contribution in [0.3, 0.4) is 0 Å². The van der Waals surface area contributed by atoms with Gasteiger partial charge in [-0.05, 0) is 89.4 Å². The third kappa shape index (κ3) is 8.08. The van der Waals surface area contributed by atoms with E-state index in [0.29, 0.717) is 42.8 Å². The van der Waals surface area contributed by atoms with E-state index in [4.69, 9.17) is 32.7 Å². The number of ether oxygens (including phenoxy) is 2. The molecule has 0 saturated carbocycles. The second kappa shape index (κ2) is 14.3. The lowest BCUT2D eigenvalue weighted by Crippen LogP contribution is -2.40. The van der Waals surface area contributed by atoms with E-state index in [0.717, 1.165) is 15.4 Å². The maximum atomic E-state index is 13.7.